The van der Waals surface area contributed by atoms with Crippen LogP contribution in [-0.2, 0) is 9.53 Å². The molecular formula is C15H12FNO2. The molecule has 2 rings (SSSR count). The number of halogens is 1. The maximum absolute atomic E-state index is 13.7. The number of benzene rings is 1. The van der Waals surface area contributed by atoms with Gasteiger partial charge in [-0.1, -0.05) is 30.3 Å². The fraction of sp³-hybridized carbons (Fsp3) is 0.200. The number of carbonyl (C=O) groups is 1. The van der Waals surface area contributed by atoms with Gasteiger partial charge in [0.2, 0.25) is 0 Å². The number of rotatable bonds is 2. The number of hydrogen-bond acceptors (Lipinski definition) is 3. The third kappa shape index (κ3) is 2.41. The van der Waals surface area contributed by atoms with Gasteiger partial charge in [0.05, 0.1) is 13.2 Å². The van der Waals surface area contributed by atoms with E-state index < -0.39 is 17.2 Å². The molecule has 1 aliphatic rings. The Balaban J connectivity index is 2.44. The highest BCUT2D eigenvalue weighted by atomic mass is 19.1. The summed E-state index contributed by atoms with van der Waals surface area (Å²) < 4.78 is 18.3. The van der Waals surface area contributed by atoms with Gasteiger partial charge in [-0.15, -0.1) is 0 Å². The first-order valence-corrected chi connectivity index (χ1v) is 5.75. The molecule has 0 amide bonds. The average molecular weight is 257 g/mol. The summed E-state index contributed by atoms with van der Waals surface area (Å²) in [6.07, 6.45) is 2.47. The monoisotopic (exact) mass is 257 g/mol. The van der Waals surface area contributed by atoms with Crippen molar-refractivity contribution in [3.05, 3.63) is 53.9 Å². The minimum atomic E-state index is -1.58. The molecule has 1 atom stereocenters. The third-order valence-electron chi connectivity index (χ3n) is 3.06. The maximum atomic E-state index is 13.7. The molecule has 0 saturated carbocycles. The molecule has 4 heteroatoms. The zero-order valence-electron chi connectivity index (χ0n) is 10.4. The van der Waals surface area contributed by atoms with E-state index in [1.807, 2.05) is 36.4 Å². The van der Waals surface area contributed by atoms with Gasteiger partial charge in [-0.25, -0.2) is 9.18 Å². The minimum Gasteiger partial charge on any atom is -0.468 e. The van der Waals surface area contributed by atoms with Crippen LogP contribution in [-0.4, -0.2) is 13.1 Å². The summed E-state index contributed by atoms with van der Waals surface area (Å²) in [6, 6.07) is 11.0. The van der Waals surface area contributed by atoms with Gasteiger partial charge in [0.15, 0.2) is 5.41 Å². The number of ether oxygens (including phenoxy) is 1. The second-order valence-corrected chi connectivity index (χ2v) is 4.32. The van der Waals surface area contributed by atoms with Crippen LogP contribution in [0.4, 0.5) is 4.39 Å². The Bertz CT molecular complexity index is 598. The number of allylic oxidation sites excluding steroid dienone is 3. The van der Waals surface area contributed by atoms with Crippen molar-refractivity contribution in [1.82, 2.24) is 0 Å². The fourth-order valence-electron chi connectivity index (χ4n) is 2.11. The highest BCUT2D eigenvalue weighted by Crippen LogP contribution is 2.39. The molecule has 0 N–H and O–H groups in total. The zero-order chi connectivity index (χ0) is 13.9. The standard InChI is InChI=1S/C15H12FNO2/c1-19-14(18)15(10-17)8-12(7-13(16)9-15)11-5-3-2-4-6-11/h2-7,9H,8H2,1H3. The van der Waals surface area contributed by atoms with Gasteiger partial charge in [0, 0.05) is 6.42 Å². The Morgan fingerprint density at radius 1 is 1.42 bits per heavy atom. The molecule has 0 radical (unpaired) electrons. The highest BCUT2D eigenvalue weighted by molar-refractivity contribution is 5.87. The lowest BCUT2D eigenvalue weighted by Gasteiger charge is -2.25. The van der Waals surface area contributed by atoms with Crippen LogP contribution in [0.1, 0.15) is 12.0 Å². The van der Waals surface area contributed by atoms with Gasteiger partial charge < -0.3 is 4.74 Å². The van der Waals surface area contributed by atoms with Gasteiger partial charge in [0.25, 0.3) is 0 Å². The van der Waals surface area contributed by atoms with Gasteiger partial charge in [-0.05, 0) is 23.3 Å². The molecule has 1 unspecified atom stereocenters. The van der Waals surface area contributed by atoms with Crippen molar-refractivity contribution < 1.29 is 13.9 Å². The zero-order valence-corrected chi connectivity index (χ0v) is 10.4. The molecule has 0 aromatic heterocycles. The molecule has 0 spiro atoms. The number of carbonyl (C=O) groups excluding carboxylic acids is 1. The number of nitriles is 1. The second kappa shape index (κ2) is 5.07. The van der Waals surface area contributed by atoms with E-state index in [9.17, 15) is 14.4 Å². The van der Waals surface area contributed by atoms with Gasteiger partial charge in [-0.2, -0.15) is 5.26 Å². The minimum absolute atomic E-state index is 0.105. The van der Waals surface area contributed by atoms with Gasteiger partial charge in [0.1, 0.15) is 5.83 Å². The van der Waals surface area contributed by atoms with Crippen LogP contribution in [0.2, 0.25) is 0 Å². The third-order valence-corrected chi connectivity index (χ3v) is 3.06. The first-order valence-electron chi connectivity index (χ1n) is 5.75. The molecular weight excluding hydrogens is 245 g/mol. The predicted octanol–water partition coefficient (Wildman–Crippen LogP) is 3.01. The Labute approximate surface area is 110 Å². The van der Waals surface area contributed by atoms with Crippen molar-refractivity contribution in [2.75, 3.05) is 7.11 Å². The summed E-state index contributed by atoms with van der Waals surface area (Å²) in [4.78, 5) is 11.8. The lowest BCUT2D eigenvalue weighted by molar-refractivity contribution is -0.146. The van der Waals surface area contributed by atoms with Crippen LogP contribution in [0.15, 0.2) is 48.3 Å². The van der Waals surface area contributed by atoms with E-state index in [0.717, 1.165) is 11.6 Å². The summed E-state index contributed by atoms with van der Waals surface area (Å²) in [5.41, 5.74) is -0.194. The molecule has 0 fully saturated rings. The van der Waals surface area contributed by atoms with Crippen LogP contribution in [0.25, 0.3) is 5.57 Å². The largest absolute Gasteiger partial charge is 0.468 e. The fourth-order valence-corrected chi connectivity index (χ4v) is 2.11. The van der Waals surface area contributed by atoms with Crippen LogP contribution in [0.5, 0.6) is 0 Å². The second-order valence-electron chi connectivity index (χ2n) is 4.32. The van der Waals surface area contributed by atoms with E-state index in [2.05, 4.69) is 4.74 Å². The van der Waals surface area contributed by atoms with Crippen LogP contribution < -0.4 is 0 Å². The molecule has 19 heavy (non-hydrogen) atoms. The van der Waals surface area contributed by atoms with Crippen LogP contribution in [0, 0.1) is 16.7 Å². The summed E-state index contributed by atoms with van der Waals surface area (Å²) in [5, 5.41) is 9.24. The van der Waals surface area contributed by atoms with Crippen molar-refractivity contribution in [2.45, 2.75) is 6.42 Å². The number of hydrogen-bond donors (Lipinski definition) is 0. The summed E-state index contributed by atoms with van der Waals surface area (Å²) in [6.45, 7) is 0. The molecule has 3 nitrogen and oxygen atoms in total. The summed E-state index contributed by atoms with van der Waals surface area (Å²) in [5.74, 6) is -1.34. The van der Waals surface area contributed by atoms with Crippen molar-refractivity contribution in [1.29, 1.82) is 5.26 Å². The molecule has 1 aromatic carbocycles. The van der Waals surface area contributed by atoms with Crippen molar-refractivity contribution >= 4 is 11.5 Å². The molecule has 1 aliphatic carbocycles. The quantitative estimate of drug-likeness (QED) is 0.765. The van der Waals surface area contributed by atoms with Gasteiger partial charge in [-0.3, -0.25) is 0 Å². The number of methoxy groups -OCH3 is 1. The van der Waals surface area contributed by atoms with E-state index in [1.165, 1.54) is 13.2 Å². The average Bonchev–Trinajstić information content (AvgIpc) is 2.46. The Morgan fingerprint density at radius 3 is 2.68 bits per heavy atom. The van der Waals surface area contributed by atoms with E-state index in [0.29, 0.717) is 5.57 Å². The Hall–Kier alpha value is -2.41. The van der Waals surface area contributed by atoms with Crippen molar-refractivity contribution in [3.63, 3.8) is 0 Å². The van der Waals surface area contributed by atoms with E-state index >= 15 is 0 Å². The van der Waals surface area contributed by atoms with Crippen LogP contribution in [0.3, 0.4) is 0 Å². The van der Waals surface area contributed by atoms with E-state index in [-0.39, 0.29) is 6.42 Å². The molecule has 96 valence electrons. The molecule has 0 saturated heterocycles. The lowest BCUT2D eigenvalue weighted by Crippen LogP contribution is -2.30. The van der Waals surface area contributed by atoms with E-state index in [4.69, 9.17) is 0 Å². The van der Waals surface area contributed by atoms with E-state index in [1.54, 1.807) is 0 Å². The predicted molar refractivity (Wildman–Crippen MR) is 68.3 cm³/mol. The molecule has 0 aliphatic heterocycles. The van der Waals surface area contributed by atoms with Crippen LogP contribution >= 0.6 is 0 Å². The maximum Gasteiger partial charge on any atom is 0.330 e. The topological polar surface area (TPSA) is 50.1 Å². The molecule has 1 aromatic rings. The summed E-state index contributed by atoms with van der Waals surface area (Å²) in [7, 11) is 1.19. The van der Waals surface area contributed by atoms with Crippen molar-refractivity contribution in [2.24, 2.45) is 5.41 Å². The number of esters is 1. The summed E-state index contributed by atoms with van der Waals surface area (Å²) >= 11 is 0. The Morgan fingerprint density at radius 2 is 2.11 bits per heavy atom. The first kappa shape index (κ1) is 13.0. The van der Waals surface area contributed by atoms with Crippen molar-refractivity contribution in [3.8, 4) is 6.07 Å². The number of nitrogens with zero attached hydrogens (tertiary/aromatic N) is 1. The highest BCUT2D eigenvalue weighted by Gasteiger charge is 2.41. The smallest absolute Gasteiger partial charge is 0.330 e. The van der Waals surface area contributed by atoms with Gasteiger partial charge >= 0.3 is 5.97 Å². The first-order chi connectivity index (χ1) is 9.11. The SMILES string of the molecule is COC(=O)C1(C#N)C=C(F)C=C(c2ccccc2)C1. The lowest BCUT2D eigenvalue weighted by atomic mass is 9.77. The molecule has 0 bridgehead atoms. The molecule has 0 heterocycles. The Kier molecular flexibility index (Phi) is 3.48. The normalized spacial score (nSPS) is 21.9.